The first kappa shape index (κ1) is 15.7. The molecule has 2 aromatic carbocycles. The molecule has 122 valence electrons. The van der Waals surface area contributed by atoms with Gasteiger partial charge in [0.25, 0.3) is 5.91 Å². The topological polar surface area (TPSA) is 90.7 Å². The van der Waals surface area contributed by atoms with Gasteiger partial charge in [-0.25, -0.2) is 10.2 Å². The van der Waals surface area contributed by atoms with E-state index in [0.717, 1.165) is 0 Å². The van der Waals surface area contributed by atoms with Crippen molar-refractivity contribution in [3.05, 3.63) is 65.2 Å². The van der Waals surface area contributed by atoms with Crippen molar-refractivity contribution in [1.82, 2.24) is 5.43 Å². The molecular weight excluding hydrogens is 315 g/mol. The van der Waals surface area contributed by atoms with Crippen LogP contribution in [0.2, 0.25) is 0 Å². The van der Waals surface area contributed by atoms with E-state index in [1.165, 1.54) is 30.3 Å². The van der Waals surface area contributed by atoms with Gasteiger partial charge in [0.2, 0.25) is 5.78 Å². The second-order valence-corrected chi connectivity index (χ2v) is 4.98. The van der Waals surface area contributed by atoms with E-state index in [-0.39, 0.29) is 29.5 Å². The fraction of sp³-hybridized carbons (Fsp3) is 0.0588. The smallest absolute Gasteiger partial charge is 0.271 e. The minimum Gasteiger partial charge on any atom is -0.484 e. The lowest BCUT2D eigenvalue weighted by Crippen LogP contribution is -2.34. The molecule has 0 spiro atoms. The van der Waals surface area contributed by atoms with Crippen molar-refractivity contribution in [1.29, 1.82) is 0 Å². The van der Waals surface area contributed by atoms with Crippen molar-refractivity contribution in [3.8, 4) is 11.5 Å². The van der Waals surface area contributed by atoms with Crippen LogP contribution in [0.1, 0.15) is 15.9 Å². The Labute approximate surface area is 136 Å². The summed E-state index contributed by atoms with van der Waals surface area (Å²) in [6.45, 7) is -0.263. The van der Waals surface area contributed by atoms with E-state index < -0.39 is 11.7 Å². The third-order valence-electron chi connectivity index (χ3n) is 3.36. The molecule has 0 fully saturated rings. The second-order valence-electron chi connectivity index (χ2n) is 4.98. The molecule has 7 heteroatoms. The lowest BCUT2D eigenvalue weighted by Gasteiger charge is -2.06. The fourth-order valence-corrected chi connectivity index (χ4v) is 2.18. The standard InChI is InChI=1S/C17H13FN2O4/c18-13-4-2-1-3-10(13)7-15-17(22)12-6-5-11(8-14(12)24-15)23-9-16(21)20-19/h1-8H,9,19H2,(H,20,21). The highest BCUT2D eigenvalue weighted by molar-refractivity contribution is 6.14. The Hall–Kier alpha value is -3.19. The molecule has 0 saturated carbocycles. The van der Waals surface area contributed by atoms with Crippen molar-refractivity contribution in [3.63, 3.8) is 0 Å². The van der Waals surface area contributed by atoms with Crippen LogP contribution in [0.25, 0.3) is 6.08 Å². The van der Waals surface area contributed by atoms with E-state index in [1.54, 1.807) is 18.2 Å². The highest BCUT2D eigenvalue weighted by Crippen LogP contribution is 2.35. The number of fused-ring (bicyclic) bond motifs is 1. The van der Waals surface area contributed by atoms with Gasteiger partial charge in [0.15, 0.2) is 12.4 Å². The van der Waals surface area contributed by atoms with Crippen LogP contribution < -0.4 is 20.7 Å². The van der Waals surface area contributed by atoms with Crippen molar-refractivity contribution in [2.75, 3.05) is 6.61 Å². The van der Waals surface area contributed by atoms with Gasteiger partial charge >= 0.3 is 0 Å². The molecule has 3 rings (SSSR count). The zero-order valence-corrected chi connectivity index (χ0v) is 12.4. The molecule has 0 aliphatic carbocycles. The number of amides is 1. The number of carbonyl (C=O) groups excluding carboxylic acids is 2. The van der Waals surface area contributed by atoms with Crippen LogP contribution in [0, 0.1) is 5.82 Å². The Kier molecular flexibility index (Phi) is 4.26. The first-order valence-electron chi connectivity index (χ1n) is 7.03. The summed E-state index contributed by atoms with van der Waals surface area (Å²) in [5.41, 5.74) is 2.54. The monoisotopic (exact) mass is 328 g/mol. The molecule has 1 aliphatic rings. The minimum atomic E-state index is -0.493. The van der Waals surface area contributed by atoms with E-state index >= 15 is 0 Å². The Morgan fingerprint density at radius 3 is 2.83 bits per heavy atom. The molecule has 1 amide bonds. The number of benzene rings is 2. The summed E-state index contributed by atoms with van der Waals surface area (Å²) >= 11 is 0. The third kappa shape index (κ3) is 3.11. The van der Waals surface area contributed by atoms with Crippen LogP contribution in [0.15, 0.2) is 48.2 Å². The van der Waals surface area contributed by atoms with Crippen LogP contribution in [0.5, 0.6) is 11.5 Å². The number of ether oxygens (including phenoxy) is 2. The predicted molar refractivity (Wildman–Crippen MR) is 83.6 cm³/mol. The van der Waals surface area contributed by atoms with Gasteiger partial charge < -0.3 is 9.47 Å². The Bertz CT molecular complexity index is 848. The molecule has 0 atom stereocenters. The summed E-state index contributed by atoms with van der Waals surface area (Å²) in [6.07, 6.45) is 1.35. The molecule has 24 heavy (non-hydrogen) atoms. The van der Waals surface area contributed by atoms with Crippen LogP contribution in [-0.4, -0.2) is 18.3 Å². The molecule has 6 nitrogen and oxygen atoms in total. The van der Waals surface area contributed by atoms with Crippen molar-refractivity contribution < 1.29 is 23.5 Å². The average molecular weight is 328 g/mol. The van der Waals surface area contributed by atoms with E-state index in [4.69, 9.17) is 15.3 Å². The molecular formula is C17H13FN2O4. The van der Waals surface area contributed by atoms with Crippen molar-refractivity contribution >= 4 is 17.8 Å². The number of nitrogens with one attached hydrogen (secondary N) is 1. The Balaban J connectivity index is 1.82. The molecule has 0 radical (unpaired) electrons. The number of ketones is 1. The van der Waals surface area contributed by atoms with Crippen LogP contribution in [0.4, 0.5) is 4.39 Å². The summed E-state index contributed by atoms with van der Waals surface area (Å²) in [5, 5.41) is 0. The summed E-state index contributed by atoms with van der Waals surface area (Å²) in [6, 6.07) is 10.6. The first-order chi connectivity index (χ1) is 11.6. The van der Waals surface area contributed by atoms with Gasteiger partial charge in [-0.05, 0) is 24.3 Å². The second kappa shape index (κ2) is 6.51. The number of Topliss-reactive ketones (excluding diaryl/α,β-unsaturated/α-hetero) is 1. The predicted octanol–water partition coefficient (Wildman–Crippen LogP) is 1.81. The van der Waals surface area contributed by atoms with Crippen LogP contribution in [0.3, 0.4) is 0 Å². The summed E-state index contributed by atoms with van der Waals surface area (Å²) in [5.74, 6) is 4.32. The molecule has 1 aliphatic heterocycles. The minimum absolute atomic E-state index is 0.0203. The maximum Gasteiger partial charge on any atom is 0.271 e. The maximum atomic E-state index is 13.7. The molecule has 3 N–H and O–H groups in total. The zero-order valence-electron chi connectivity index (χ0n) is 12.4. The number of allylic oxidation sites excluding steroid dienone is 1. The van der Waals surface area contributed by atoms with Gasteiger partial charge in [-0.3, -0.25) is 15.0 Å². The first-order valence-corrected chi connectivity index (χ1v) is 7.03. The van der Waals surface area contributed by atoms with Crippen molar-refractivity contribution in [2.24, 2.45) is 5.84 Å². The third-order valence-corrected chi connectivity index (χ3v) is 3.36. The normalized spacial score (nSPS) is 14.2. The molecule has 0 saturated heterocycles. The largest absolute Gasteiger partial charge is 0.484 e. The molecule has 0 bridgehead atoms. The van der Waals surface area contributed by atoms with Gasteiger partial charge in [-0.15, -0.1) is 0 Å². The lowest BCUT2D eigenvalue weighted by molar-refractivity contribution is -0.123. The van der Waals surface area contributed by atoms with Gasteiger partial charge in [0.05, 0.1) is 5.56 Å². The van der Waals surface area contributed by atoms with E-state index in [9.17, 15) is 14.0 Å². The van der Waals surface area contributed by atoms with Gasteiger partial charge in [0.1, 0.15) is 17.3 Å². The van der Waals surface area contributed by atoms with Gasteiger partial charge in [0, 0.05) is 11.6 Å². The summed E-state index contributed by atoms with van der Waals surface area (Å²) in [4.78, 5) is 23.4. The SMILES string of the molecule is NNC(=O)COc1ccc2c(c1)OC(=Cc1ccccc1F)C2=O. The fourth-order valence-electron chi connectivity index (χ4n) is 2.18. The molecule has 2 aromatic rings. The molecule has 0 aromatic heterocycles. The summed E-state index contributed by atoms with van der Waals surface area (Å²) in [7, 11) is 0. The lowest BCUT2D eigenvalue weighted by atomic mass is 10.1. The number of halogens is 1. The van der Waals surface area contributed by atoms with E-state index in [1.807, 2.05) is 5.43 Å². The number of nitrogens with two attached hydrogens (primary N) is 1. The highest BCUT2D eigenvalue weighted by Gasteiger charge is 2.28. The number of carbonyl (C=O) groups is 2. The Morgan fingerprint density at radius 1 is 1.29 bits per heavy atom. The van der Waals surface area contributed by atoms with E-state index in [0.29, 0.717) is 11.3 Å². The Morgan fingerprint density at radius 2 is 2.08 bits per heavy atom. The van der Waals surface area contributed by atoms with Gasteiger partial charge in [-0.1, -0.05) is 18.2 Å². The number of hydrogen-bond donors (Lipinski definition) is 2. The van der Waals surface area contributed by atoms with Crippen LogP contribution in [-0.2, 0) is 4.79 Å². The van der Waals surface area contributed by atoms with Crippen LogP contribution >= 0.6 is 0 Å². The number of rotatable bonds is 4. The maximum absolute atomic E-state index is 13.7. The van der Waals surface area contributed by atoms with Gasteiger partial charge in [-0.2, -0.15) is 0 Å². The number of hydrogen-bond acceptors (Lipinski definition) is 5. The van der Waals surface area contributed by atoms with Crippen molar-refractivity contribution in [2.45, 2.75) is 0 Å². The van der Waals surface area contributed by atoms with E-state index in [2.05, 4.69) is 0 Å². The number of hydrazine groups is 1. The zero-order chi connectivity index (χ0) is 17.1. The highest BCUT2D eigenvalue weighted by atomic mass is 19.1. The molecule has 0 unspecified atom stereocenters. The molecule has 1 heterocycles. The summed E-state index contributed by atoms with van der Waals surface area (Å²) < 4.78 is 24.4. The quantitative estimate of drug-likeness (QED) is 0.387. The average Bonchev–Trinajstić information content (AvgIpc) is 2.90.